The lowest BCUT2D eigenvalue weighted by molar-refractivity contribution is -0.116. The van der Waals surface area contributed by atoms with E-state index in [1.54, 1.807) is 6.92 Å². The minimum absolute atomic E-state index is 0.151. The van der Waals surface area contributed by atoms with Crippen LogP contribution in [0.1, 0.15) is 13.3 Å². The van der Waals surface area contributed by atoms with Crippen LogP contribution in [-0.4, -0.2) is 46.1 Å². The van der Waals surface area contributed by atoms with E-state index < -0.39 is 42.7 Å². The summed E-state index contributed by atoms with van der Waals surface area (Å²) in [6.07, 6.45) is 1.11. The summed E-state index contributed by atoms with van der Waals surface area (Å²) in [6, 6.07) is 0. The van der Waals surface area contributed by atoms with Crippen molar-refractivity contribution < 1.29 is 21.6 Å². The average Bonchev–Trinajstić information content (AvgIpc) is 1.99. The van der Waals surface area contributed by atoms with E-state index in [0.29, 0.717) is 0 Å². The third-order valence-electron chi connectivity index (χ3n) is 1.54. The molecule has 0 radical (unpaired) electrons. The van der Waals surface area contributed by atoms with Gasteiger partial charge in [-0.15, -0.1) is 0 Å². The second kappa shape index (κ2) is 4.88. The second-order valence-electron chi connectivity index (χ2n) is 3.11. The maximum Gasteiger partial charge on any atom is 0.158 e. The molecule has 84 valence electrons. The SMILES string of the molecule is CCC(=O)CS(=O)(=O)CCS(C)(=O)=O. The number of carbonyl (C=O) groups is 1. The molecule has 0 amide bonds. The molecule has 0 aliphatic carbocycles. The molecule has 0 spiro atoms. The van der Waals surface area contributed by atoms with Crippen molar-refractivity contribution in [2.75, 3.05) is 23.5 Å². The third-order valence-corrected chi connectivity index (χ3v) is 4.33. The van der Waals surface area contributed by atoms with E-state index in [2.05, 4.69) is 0 Å². The van der Waals surface area contributed by atoms with Gasteiger partial charge in [-0.05, 0) is 0 Å². The van der Waals surface area contributed by atoms with Crippen LogP contribution in [0.2, 0.25) is 0 Å². The average molecular weight is 242 g/mol. The molecule has 0 fully saturated rings. The summed E-state index contributed by atoms with van der Waals surface area (Å²) in [5.74, 6) is -1.85. The van der Waals surface area contributed by atoms with Crippen LogP contribution in [0.4, 0.5) is 0 Å². The summed E-state index contributed by atoms with van der Waals surface area (Å²) in [6.45, 7) is 1.56. The number of carbonyl (C=O) groups excluding carboxylic acids is 1. The van der Waals surface area contributed by atoms with Gasteiger partial charge in [0.25, 0.3) is 0 Å². The van der Waals surface area contributed by atoms with Gasteiger partial charge in [0.2, 0.25) is 0 Å². The van der Waals surface area contributed by atoms with E-state index in [4.69, 9.17) is 0 Å². The van der Waals surface area contributed by atoms with Crippen molar-refractivity contribution in [1.29, 1.82) is 0 Å². The van der Waals surface area contributed by atoms with E-state index in [1.807, 2.05) is 0 Å². The fourth-order valence-electron chi connectivity index (χ4n) is 0.698. The molecule has 0 aromatic carbocycles. The molecule has 0 saturated carbocycles. The molecule has 0 aliphatic rings. The maximum atomic E-state index is 11.2. The molecule has 7 heteroatoms. The summed E-state index contributed by atoms with van der Waals surface area (Å²) in [7, 11) is -6.85. The summed E-state index contributed by atoms with van der Waals surface area (Å²) in [4.78, 5) is 10.8. The summed E-state index contributed by atoms with van der Waals surface area (Å²) < 4.78 is 43.7. The number of sulfone groups is 2. The molecule has 0 aromatic heterocycles. The zero-order valence-electron chi connectivity index (χ0n) is 8.19. The molecule has 5 nitrogen and oxygen atoms in total. The van der Waals surface area contributed by atoms with Gasteiger partial charge in [-0.2, -0.15) is 0 Å². The fraction of sp³-hybridized carbons (Fsp3) is 0.857. The molecule has 0 N–H and O–H groups in total. The minimum Gasteiger partial charge on any atom is -0.299 e. The Labute approximate surface area is 84.3 Å². The molecule has 14 heavy (non-hydrogen) atoms. The van der Waals surface area contributed by atoms with E-state index in [-0.39, 0.29) is 6.42 Å². The van der Waals surface area contributed by atoms with Crippen LogP contribution < -0.4 is 0 Å². The monoisotopic (exact) mass is 242 g/mol. The zero-order chi connectivity index (χ0) is 11.4. The van der Waals surface area contributed by atoms with Crippen molar-refractivity contribution in [2.24, 2.45) is 0 Å². The highest BCUT2D eigenvalue weighted by atomic mass is 32.2. The topological polar surface area (TPSA) is 85.3 Å². The Kier molecular flexibility index (Phi) is 4.73. The highest BCUT2D eigenvalue weighted by molar-refractivity contribution is 7.95. The molecule has 0 heterocycles. The van der Waals surface area contributed by atoms with Gasteiger partial charge in [0, 0.05) is 12.7 Å². The van der Waals surface area contributed by atoms with E-state index in [9.17, 15) is 21.6 Å². The van der Waals surface area contributed by atoms with Gasteiger partial charge >= 0.3 is 0 Å². The predicted molar refractivity (Wildman–Crippen MR) is 53.7 cm³/mol. The highest BCUT2D eigenvalue weighted by Crippen LogP contribution is 1.96. The number of hydrogen-bond donors (Lipinski definition) is 0. The Morgan fingerprint density at radius 2 is 1.57 bits per heavy atom. The molecule has 0 bridgehead atoms. The molecule has 0 aromatic rings. The third kappa shape index (κ3) is 7.02. The number of ketones is 1. The second-order valence-corrected chi connectivity index (χ2v) is 7.56. The summed E-state index contributed by atoms with van der Waals surface area (Å²) in [5.41, 5.74) is 0. The lowest BCUT2D eigenvalue weighted by Crippen LogP contribution is -2.22. The van der Waals surface area contributed by atoms with Gasteiger partial charge in [-0.3, -0.25) is 4.79 Å². The van der Waals surface area contributed by atoms with Crippen LogP contribution in [0.3, 0.4) is 0 Å². The zero-order valence-corrected chi connectivity index (χ0v) is 9.82. The van der Waals surface area contributed by atoms with Crippen LogP contribution in [-0.2, 0) is 24.5 Å². The van der Waals surface area contributed by atoms with Gasteiger partial charge in [-0.25, -0.2) is 16.8 Å². The van der Waals surface area contributed by atoms with Crippen molar-refractivity contribution >= 4 is 25.5 Å². The van der Waals surface area contributed by atoms with Gasteiger partial charge < -0.3 is 0 Å². The minimum atomic E-state index is -3.55. The standard InChI is InChI=1S/C7H14O5S2/c1-3-7(8)6-14(11,12)5-4-13(2,9)10/h3-6H2,1-2H3. The van der Waals surface area contributed by atoms with E-state index >= 15 is 0 Å². The lowest BCUT2D eigenvalue weighted by atomic mass is 10.4. The molecule has 0 rings (SSSR count). The first-order valence-electron chi connectivity index (χ1n) is 4.06. The van der Waals surface area contributed by atoms with Gasteiger partial charge in [0.15, 0.2) is 9.84 Å². The van der Waals surface area contributed by atoms with Crippen LogP contribution in [0.25, 0.3) is 0 Å². The van der Waals surface area contributed by atoms with E-state index in [0.717, 1.165) is 6.26 Å². The Balaban J connectivity index is 4.31. The number of rotatable bonds is 6. The first-order valence-corrected chi connectivity index (χ1v) is 7.94. The number of hydrogen-bond acceptors (Lipinski definition) is 5. The molecule has 0 aliphatic heterocycles. The first-order chi connectivity index (χ1) is 6.16. The summed E-state index contributed by atoms with van der Waals surface area (Å²) >= 11 is 0. The normalized spacial score (nSPS) is 12.7. The first kappa shape index (κ1) is 13.6. The van der Waals surface area contributed by atoms with Crippen molar-refractivity contribution in [3.05, 3.63) is 0 Å². The van der Waals surface area contributed by atoms with Gasteiger partial charge in [0.05, 0.1) is 11.5 Å². The van der Waals surface area contributed by atoms with Crippen molar-refractivity contribution in [1.82, 2.24) is 0 Å². The molecule has 0 atom stereocenters. The Morgan fingerprint density at radius 3 is 1.93 bits per heavy atom. The quantitative estimate of drug-likeness (QED) is 0.622. The summed E-state index contributed by atoms with van der Waals surface area (Å²) in [5, 5.41) is 0. The van der Waals surface area contributed by atoms with Crippen LogP contribution >= 0.6 is 0 Å². The van der Waals surface area contributed by atoms with Crippen LogP contribution in [0.15, 0.2) is 0 Å². The lowest BCUT2D eigenvalue weighted by Gasteiger charge is -2.01. The molecule has 0 unspecified atom stereocenters. The predicted octanol–water partition coefficient (Wildman–Crippen LogP) is -0.575. The number of Topliss-reactive ketones (excluding diaryl/α,β-unsaturated/α-hetero) is 1. The molecule has 0 saturated heterocycles. The van der Waals surface area contributed by atoms with Crippen molar-refractivity contribution in [3.8, 4) is 0 Å². The van der Waals surface area contributed by atoms with Crippen molar-refractivity contribution in [3.63, 3.8) is 0 Å². The van der Waals surface area contributed by atoms with Crippen LogP contribution in [0, 0.1) is 0 Å². The Morgan fingerprint density at radius 1 is 1.07 bits per heavy atom. The van der Waals surface area contributed by atoms with E-state index in [1.165, 1.54) is 0 Å². The Hall–Kier alpha value is -0.430. The smallest absolute Gasteiger partial charge is 0.158 e. The van der Waals surface area contributed by atoms with Crippen molar-refractivity contribution in [2.45, 2.75) is 13.3 Å². The van der Waals surface area contributed by atoms with Gasteiger partial charge in [0.1, 0.15) is 21.4 Å². The maximum absolute atomic E-state index is 11.2. The fourth-order valence-corrected chi connectivity index (χ4v) is 3.76. The Bertz CT molecular complexity index is 390. The highest BCUT2D eigenvalue weighted by Gasteiger charge is 2.17. The van der Waals surface area contributed by atoms with Gasteiger partial charge in [-0.1, -0.05) is 6.92 Å². The van der Waals surface area contributed by atoms with Crippen LogP contribution in [0.5, 0.6) is 0 Å². The molecular formula is C7H14O5S2. The molecular weight excluding hydrogens is 228 g/mol. The largest absolute Gasteiger partial charge is 0.299 e.